The van der Waals surface area contributed by atoms with Gasteiger partial charge in [-0.25, -0.2) is 4.98 Å². The second-order valence-corrected chi connectivity index (χ2v) is 5.49. The molecule has 1 aliphatic rings. The van der Waals surface area contributed by atoms with E-state index in [-0.39, 0.29) is 27.4 Å². The minimum absolute atomic E-state index is 0.143. The molecule has 2 amide bonds. The summed E-state index contributed by atoms with van der Waals surface area (Å²) >= 11 is 11.9. The molecule has 108 valence electrons. The van der Waals surface area contributed by atoms with E-state index in [2.05, 4.69) is 4.98 Å². The molecule has 1 aromatic heterocycles. The van der Waals surface area contributed by atoms with Crippen molar-refractivity contribution in [1.29, 1.82) is 0 Å². The Morgan fingerprint density at radius 3 is 2.62 bits per heavy atom. The standard InChI is InChI=1S/C14H11Cl2N3O2/c15-10-3-2-9-11(12(10)16)14(21)19(13(9)20)6-1-5-18-7-4-17-8-18/h2-4,7-8H,1,5-6H2. The van der Waals surface area contributed by atoms with Crippen LogP contribution in [0.5, 0.6) is 0 Å². The number of aromatic nitrogens is 2. The number of amides is 2. The van der Waals surface area contributed by atoms with Crippen LogP contribution in [0.2, 0.25) is 10.0 Å². The van der Waals surface area contributed by atoms with Crippen LogP contribution in [-0.2, 0) is 6.54 Å². The molecule has 0 aliphatic carbocycles. The number of carbonyl (C=O) groups is 2. The first-order valence-electron chi connectivity index (χ1n) is 6.39. The zero-order valence-corrected chi connectivity index (χ0v) is 12.4. The molecule has 0 spiro atoms. The van der Waals surface area contributed by atoms with Gasteiger partial charge in [-0.2, -0.15) is 0 Å². The van der Waals surface area contributed by atoms with Crippen LogP contribution in [0.3, 0.4) is 0 Å². The molecule has 0 bridgehead atoms. The number of fused-ring (bicyclic) bond motifs is 1. The minimum atomic E-state index is -0.381. The number of nitrogens with zero attached hydrogens (tertiary/aromatic N) is 3. The number of aryl methyl sites for hydroxylation is 1. The molecule has 0 saturated carbocycles. The summed E-state index contributed by atoms with van der Waals surface area (Å²) in [5.74, 6) is -0.702. The Labute approximate surface area is 131 Å². The van der Waals surface area contributed by atoms with E-state index in [4.69, 9.17) is 23.2 Å². The first-order valence-corrected chi connectivity index (χ1v) is 7.15. The van der Waals surface area contributed by atoms with Crippen molar-refractivity contribution < 1.29 is 9.59 Å². The molecule has 0 radical (unpaired) electrons. The number of halogens is 2. The summed E-state index contributed by atoms with van der Waals surface area (Å²) in [6.07, 6.45) is 5.86. The topological polar surface area (TPSA) is 55.2 Å². The Kier molecular flexibility index (Phi) is 3.69. The van der Waals surface area contributed by atoms with Gasteiger partial charge < -0.3 is 4.57 Å². The summed E-state index contributed by atoms with van der Waals surface area (Å²) in [6, 6.07) is 3.07. The Hall–Kier alpha value is -1.85. The zero-order valence-electron chi connectivity index (χ0n) is 10.9. The molecule has 2 aromatic rings. The molecule has 21 heavy (non-hydrogen) atoms. The van der Waals surface area contributed by atoms with Crippen molar-refractivity contribution in [3.8, 4) is 0 Å². The molecule has 0 fully saturated rings. The van der Waals surface area contributed by atoms with Gasteiger partial charge in [-0.05, 0) is 18.6 Å². The summed E-state index contributed by atoms with van der Waals surface area (Å²) in [5, 5.41) is 0.418. The van der Waals surface area contributed by atoms with Crippen LogP contribution in [-0.4, -0.2) is 32.8 Å². The average molecular weight is 324 g/mol. The number of imidazole rings is 1. The molecule has 2 heterocycles. The third-order valence-electron chi connectivity index (χ3n) is 3.39. The highest BCUT2D eigenvalue weighted by atomic mass is 35.5. The quantitative estimate of drug-likeness (QED) is 0.813. The molecule has 0 saturated heterocycles. The van der Waals surface area contributed by atoms with Crippen molar-refractivity contribution in [2.75, 3.05) is 6.54 Å². The molecule has 7 heteroatoms. The average Bonchev–Trinajstić information content (AvgIpc) is 3.05. The lowest BCUT2D eigenvalue weighted by atomic mass is 10.1. The first kappa shape index (κ1) is 14.1. The molecule has 1 aliphatic heterocycles. The number of imide groups is 1. The molecule has 0 atom stereocenters. The SMILES string of the molecule is O=C1c2ccc(Cl)c(Cl)c2C(=O)N1CCCn1ccnc1. The van der Waals surface area contributed by atoms with Crippen molar-refractivity contribution in [2.24, 2.45) is 0 Å². The monoisotopic (exact) mass is 323 g/mol. The van der Waals surface area contributed by atoms with E-state index in [0.717, 1.165) is 0 Å². The number of carbonyl (C=O) groups excluding carboxylic acids is 2. The number of rotatable bonds is 4. The minimum Gasteiger partial charge on any atom is -0.337 e. The Morgan fingerprint density at radius 1 is 1.10 bits per heavy atom. The summed E-state index contributed by atoms with van der Waals surface area (Å²) in [4.78, 5) is 29.7. The molecule has 5 nitrogen and oxygen atoms in total. The van der Waals surface area contributed by atoms with E-state index < -0.39 is 0 Å². The van der Waals surface area contributed by atoms with Crippen LogP contribution in [0.25, 0.3) is 0 Å². The van der Waals surface area contributed by atoms with Gasteiger partial charge >= 0.3 is 0 Å². The third kappa shape index (κ3) is 2.43. The number of hydrogen-bond donors (Lipinski definition) is 0. The van der Waals surface area contributed by atoms with Crippen molar-refractivity contribution in [3.05, 3.63) is 52.0 Å². The van der Waals surface area contributed by atoms with Crippen molar-refractivity contribution in [1.82, 2.24) is 14.5 Å². The molecular formula is C14H11Cl2N3O2. The Balaban J connectivity index is 1.75. The van der Waals surface area contributed by atoms with Gasteiger partial charge in [0.25, 0.3) is 11.8 Å². The van der Waals surface area contributed by atoms with Crippen LogP contribution < -0.4 is 0 Å². The summed E-state index contributed by atoms with van der Waals surface area (Å²) < 4.78 is 1.89. The smallest absolute Gasteiger partial charge is 0.263 e. The molecule has 1 aromatic carbocycles. The van der Waals surface area contributed by atoms with E-state index in [0.29, 0.717) is 25.1 Å². The van der Waals surface area contributed by atoms with E-state index in [1.54, 1.807) is 18.6 Å². The molecule has 0 unspecified atom stereocenters. The van der Waals surface area contributed by atoms with E-state index in [9.17, 15) is 9.59 Å². The Morgan fingerprint density at radius 2 is 1.90 bits per heavy atom. The lowest BCUT2D eigenvalue weighted by Gasteiger charge is -2.13. The number of benzene rings is 1. The van der Waals surface area contributed by atoms with Crippen LogP contribution in [0.15, 0.2) is 30.9 Å². The van der Waals surface area contributed by atoms with Crippen molar-refractivity contribution in [3.63, 3.8) is 0 Å². The highest BCUT2D eigenvalue weighted by Crippen LogP contribution is 2.34. The van der Waals surface area contributed by atoms with Crippen LogP contribution in [0.4, 0.5) is 0 Å². The maximum Gasteiger partial charge on any atom is 0.263 e. The molecule has 3 rings (SSSR count). The molecular weight excluding hydrogens is 313 g/mol. The van der Waals surface area contributed by atoms with Gasteiger partial charge in [0.15, 0.2) is 0 Å². The van der Waals surface area contributed by atoms with Gasteiger partial charge in [0, 0.05) is 25.5 Å². The van der Waals surface area contributed by atoms with Gasteiger partial charge in [-0.15, -0.1) is 0 Å². The second kappa shape index (κ2) is 5.50. The highest BCUT2D eigenvalue weighted by Gasteiger charge is 2.37. The largest absolute Gasteiger partial charge is 0.337 e. The summed E-state index contributed by atoms with van der Waals surface area (Å²) in [7, 11) is 0. The maximum atomic E-state index is 12.3. The Bertz CT molecular complexity index is 713. The zero-order chi connectivity index (χ0) is 15.0. The van der Waals surface area contributed by atoms with Crippen LogP contribution in [0.1, 0.15) is 27.1 Å². The lowest BCUT2D eigenvalue weighted by Crippen LogP contribution is -2.31. The fourth-order valence-electron chi connectivity index (χ4n) is 2.34. The number of hydrogen-bond acceptors (Lipinski definition) is 3. The van der Waals surface area contributed by atoms with Gasteiger partial charge in [0.05, 0.1) is 27.5 Å². The van der Waals surface area contributed by atoms with Gasteiger partial charge in [-0.1, -0.05) is 23.2 Å². The third-order valence-corrected chi connectivity index (χ3v) is 4.19. The van der Waals surface area contributed by atoms with E-state index in [1.807, 2.05) is 10.8 Å². The summed E-state index contributed by atoms with van der Waals surface area (Å²) in [5.41, 5.74) is 0.522. The van der Waals surface area contributed by atoms with Crippen LogP contribution in [0, 0.1) is 0 Å². The summed E-state index contributed by atoms with van der Waals surface area (Å²) in [6.45, 7) is 1.01. The fourth-order valence-corrected chi connectivity index (χ4v) is 2.75. The van der Waals surface area contributed by atoms with Gasteiger partial charge in [0.2, 0.25) is 0 Å². The van der Waals surface area contributed by atoms with Crippen molar-refractivity contribution >= 4 is 35.0 Å². The first-order chi connectivity index (χ1) is 10.1. The highest BCUT2D eigenvalue weighted by molar-refractivity contribution is 6.45. The van der Waals surface area contributed by atoms with E-state index >= 15 is 0 Å². The predicted octanol–water partition coefficient (Wildman–Crippen LogP) is 2.88. The maximum absolute atomic E-state index is 12.3. The normalized spacial score (nSPS) is 13.9. The predicted molar refractivity (Wildman–Crippen MR) is 78.7 cm³/mol. The van der Waals surface area contributed by atoms with Crippen LogP contribution >= 0.6 is 23.2 Å². The van der Waals surface area contributed by atoms with Crippen molar-refractivity contribution in [2.45, 2.75) is 13.0 Å². The van der Waals surface area contributed by atoms with E-state index in [1.165, 1.54) is 11.0 Å². The lowest BCUT2D eigenvalue weighted by molar-refractivity contribution is 0.0651. The van der Waals surface area contributed by atoms with Gasteiger partial charge in [-0.3, -0.25) is 14.5 Å². The van der Waals surface area contributed by atoms with Gasteiger partial charge in [0.1, 0.15) is 0 Å². The molecule has 0 N–H and O–H groups in total. The fraction of sp³-hybridized carbons (Fsp3) is 0.214. The second-order valence-electron chi connectivity index (χ2n) is 4.70.